The molecule has 0 unspecified atom stereocenters. The first kappa shape index (κ1) is 18.4. The Bertz CT molecular complexity index is 1160. The second-order valence-corrected chi connectivity index (χ2v) is 6.09. The summed E-state index contributed by atoms with van der Waals surface area (Å²) >= 11 is 0. The quantitative estimate of drug-likeness (QED) is 0.643. The average molecular weight is 369 g/mol. The summed E-state index contributed by atoms with van der Waals surface area (Å²) in [5, 5.41) is 0.0532. The van der Waals surface area contributed by atoms with Crippen molar-refractivity contribution in [1.29, 1.82) is 0 Å². The van der Waals surface area contributed by atoms with Crippen LogP contribution in [0.2, 0.25) is 0 Å². The number of nitrogens with zero attached hydrogens (tertiary/aromatic N) is 3. The topological polar surface area (TPSA) is 92.4 Å². The van der Waals surface area contributed by atoms with Crippen molar-refractivity contribution in [2.75, 3.05) is 14.2 Å². The van der Waals surface area contributed by atoms with E-state index >= 15 is 0 Å². The van der Waals surface area contributed by atoms with E-state index in [9.17, 15) is 14.4 Å². The number of carbonyl (C=O) groups excluding carboxylic acids is 1. The van der Waals surface area contributed by atoms with E-state index in [0.29, 0.717) is 17.0 Å². The molecule has 0 bridgehead atoms. The van der Waals surface area contributed by atoms with Gasteiger partial charge >= 0.3 is 11.7 Å². The number of aryl methyl sites for hydroxylation is 2. The van der Waals surface area contributed by atoms with E-state index in [2.05, 4.69) is 4.98 Å². The third-order valence-corrected chi connectivity index (χ3v) is 4.30. The Morgan fingerprint density at radius 1 is 1.19 bits per heavy atom. The first-order valence-corrected chi connectivity index (χ1v) is 8.19. The number of rotatable bonds is 4. The molecule has 2 aromatic heterocycles. The largest absolute Gasteiger partial charge is 0.497 e. The second-order valence-electron chi connectivity index (χ2n) is 6.09. The van der Waals surface area contributed by atoms with Gasteiger partial charge in [-0.1, -0.05) is 12.1 Å². The third-order valence-electron chi connectivity index (χ3n) is 4.30. The third kappa shape index (κ3) is 3.21. The van der Waals surface area contributed by atoms with Crippen molar-refractivity contribution in [3.63, 3.8) is 0 Å². The van der Waals surface area contributed by atoms with Gasteiger partial charge in [0.05, 0.1) is 31.7 Å². The lowest BCUT2D eigenvalue weighted by Crippen LogP contribution is -2.40. The molecule has 0 amide bonds. The minimum Gasteiger partial charge on any atom is -0.497 e. The molecule has 0 atom stereocenters. The molecule has 140 valence electrons. The van der Waals surface area contributed by atoms with Gasteiger partial charge in [-0.25, -0.2) is 14.6 Å². The average Bonchev–Trinajstić information content (AvgIpc) is 2.68. The minimum atomic E-state index is -0.658. The number of fused-ring (bicyclic) bond motifs is 1. The Hall–Kier alpha value is -3.42. The number of hydrogen-bond acceptors (Lipinski definition) is 6. The van der Waals surface area contributed by atoms with Gasteiger partial charge in [0, 0.05) is 12.7 Å². The van der Waals surface area contributed by atoms with Crippen LogP contribution >= 0.6 is 0 Å². The standard InChI is InChI=1S/C19H19N3O5/c1-11-8-14(18(24)27-4)15-16(20-11)21(2)19(25)22(17(15)23)10-12-6-5-7-13(9-12)26-3/h5-9H,10H2,1-4H3. The first-order valence-electron chi connectivity index (χ1n) is 8.19. The van der Waals surface area contributed by atoms with Crippen molar-refractivity contribution < 1.29 is 14.3 Å². The summed E-state index contributed by atoms with van der Waals surface area (Å²) in [6.07, 6.45) is 0. The van der Waals surface area contributed by atoms with Crippen LogP contribution in [0.1, 0.15) is 21.6 Å². The molecule has 0 aliphatic rings. The van der Waals surface area contributed by atoms with E-state index < -0.39 is 17.2 Å². The molecule has 0 saturated heterocycles. The van der Waals surface area contributed by atoms with E-state index in [1.807, 2.05) is 0 Å². The molecule has 3 aromatic rings. The molecule has 0 N–H and O–H groups in total. The Kier molecular flexibility index (Phi) is 4.81. The second kappa shape index (κ2) is 7.06. The fourth-order valence-electron chi connectivity index (χ4n) is 2.97. The van der Waals surface area contributed by atoms with Crippen LogP contribution < -0.4 is 16.0 Å². The maximum Gasteiger partial charge on any atom is 0.338 e. The van der Waals surface area contributed by atoms with Crippen molar-refractivity contribution in [2.45, 2.75) is 13.5 Å². The lowest BCUT2D eigenvalue weighted by atomic mass is 10.1. The normalized spacial score (nSPS) is 10.8. The molecule has 0 spiro atoms. The van der Waals surface area contributed by atoms with Gasteiger partial charge in [-0.3, -0.25) is 13.9 Å². The number of methoxy groups -OCH3 is 2. The first-order chi connectivity index (χ1) is 12.9. The van der Waals surface area contributed by atoms with Crippen molar-refractivity contribution in [3.8, 4) is 5.75 Å². The van der Waals surface area contributed by atoms with Gasteiger partial charge in [0.15, 0.2) is 0 Å². The van der Waals surface area contributed by atoms with Crippen molar-refractivity contribution in [2.24, 2.45) is 7.05 Å². The van der Waals surface area contributed by atoms with Gasteiger partial charge in [0.1, 0.15) is 11.4 Å². The molecule has 0 saturated carbocycles. The summed E-state index contributed by atoms with van der Waals surface area (Å²) in [7, 11) is 4.29. The Morgan fingerprint density at radius 3 is 2.59 bits per heavy atom. The number of ether oxygens (including phenoxy) is 2. The van der Waals surface area contributed by atoms with E-state index in [-0.39, 0.29) is 23.1 Å². The molecule has 8 heteroatoms. The lowest BCUT2D eigenvalue weighted by molar-refractivity contribution is 0.0602. The molecule has 0 fully saturated rings. The van der Waals surface area contributed by atoms with Crippen LogP contribution in [-0.4, -0.2) is 34.3 Å². The van der Waals surface area contributed by atoms with Crippen LogP contribution in [0.5, 0.6) is 5.75 Å². The zero-order valence-electron chi connectivity index (χ0n) is 15.5. The predicted octanol–water partition coefficient (Wildman–Crippen LogP) is 1.25. The summed E-state index contributed by atoms with van der Waals surface area (Å²) in [5.41, 5.74) is 0.329. The highest BCUT2D eigenvalue weighted by Crippen LogP contribution is 2.16. The van der Waals surface area contributed by atoms with Crippen molar-refractivity contribution >= 4 is 17.0 Å². The van der Waals surface area contributed by atoms with Crippen LogP contribution in [-0.2, 0) is 18.3 Å². The van der Waals surface area contributed by atoms with Crippen LogP contribution in [0, 0.1) is 6.92 Å². The highest BCUT2D eigenvalue weighted by molar-refractivity contribution is 6.02. The molecule has 0 aliphatic heterocycles. The molecule has 2 heterocycles. The van der Waals surface area contributed by atoms with Crippen LogP contribution in [0.25, 0.3) is 11.0 Å². The van der Waals surface area contributed by atoms with Crippen molar-refractivity contribution in [1.82, 2.24) is 14.1 Å². The summed E-state index contributed by atoms with van der Waals surface area (Å²) in [5.74, 6) is -0.0418. The number of esters is 1. The fourth-order valence-corrected chi connectivity index (χ4v) is 2.97. The molecular weight excluding hydrogens is 350 g/mol. The summed E-state index contributed by atoms with van der Waals surface area (Å²) in [4.78, 5) is 42.3. The maximum absolute atomic E-state index is 13.1. The predicted molar refractivity (Wildman–Crippen MR) is 99.4 cm³/mol. The van der Waals surface area contributed by atoms with E-state index in [4.69, 9.17) is 9.47 Å². The number of aromatic nitrogens is 3. The van der Waals surface area contributed by atoms with Crippen LogP contribution in [0.15, 0.2) is 39.9 Å². The summed E-state index contributed by atoms with van der Waals surface area (Å²) in [6, 6.07) is 8.55. The highest BCUT2D eigenvalue weighted by atomic mass is 16.5. The summed E-state index contributed by atoms with van der Waals surface area (Å²) in [6.45, 7) is 1.71. The number of hydrogen-bond donors (Lipinski definition) is 0. The molecule has 0 aliphatic carbocycles. The van der Waals surface area contributed by atoms with E-state index in [1.165, 1.54) is 31.9 Å². The smallest absolute Gasteiger partial charge is 0.338 e. The maximum atomic E-state index is 13.1. The van der Waals surface area contributed by atoms with Gasteiger partial charge in [-0.05, 0) is 30.7 Å². The molecule has 27 heavy (non-hydrogen) atoms. The van der Waals surface area contributed by atoms with Gasteiger partial charge in [0.2, 0.25) is 0 Å². The molecule has 1 aromatic carbocycles. The Balaban J connectivity index is 2.31. The molecule has 8 nitrogen and oxygen atoms in total. The van der Waals surface area contributed by atoms with Gasteiger partial charge in [-0.15, -0.1) is 0 Å². The Morgan fingerprint density at radius 2 is 1.93 bits per heavy atom. The Labute approximate surface area is 154 Å². The highest BCUT2D eigenvalue weighted by Gasteiger charge is 2.20. The van der Waals surface area contributed by atoms with Gasteiger partial charge in [0.25, 0.3) is 5.56 Å². The zero-order valence-corrected chi connectivity index (χ0v) is 15.5. The van der Waals surface area contributed by atoms with Crippen LogP contribution in [0.4, 0.5) is 0 Å². The van der Waals surface area contributed by atoms with Crippen molar-refractivity contribution in [3.05, 3.63) is 68.0 Å². The lowest BCUT2D eigenvalue weighted by Gasteiger charge is -2.13. The number of carbonyl (C=O) groups is 1. The van der Waals surface area contributed by atoms with E-state index in [0.717, 1.165) is 4.57 Å². The summed E-state index contributed by atoms with van der Waals surface area (Å²) < 4.78 is 12.3. The van der Waals surface area contributed by atoms with Gasteiger partial charge in [-0.2, -0.15) is 0 Å². The number of benzene rings is 1. The molecular formula is C19H19N3O5. The SMILES string of the molecule is COC(=O)c1cc(C)nc2c1c(=O)n(Cc1cccc(OC)c1)c(=O)n2C. The monoisotopic (exact) mass is 369 g/mol. The molecule has 3 rings (SSSR count). The minimum absolute atomic E-state index is 0.0349. The van der Waals surface area contributed by atoms with Crippen LogP contribution in [0.3, 0.4) is 0 Å². The zero-order chi connectivity index (χ0) is 19.7. The number of pyridine rings is 1. The molecule has 0 radical (unpaired) electrons. The fraction of sp³-hybridized carbons (Fsp3) is 0.263. The van der Waals surface area contributed by atoms with E-state index in [1.54, 1.807) is 31.2 Å². The van der Waals surface area contributed by atoms with Gasteiger partial charge < -0.3 is 9.47 Å².